The first-order valence-corrected chi connectivity index (χ1v) is 8.95. The lowest BCUT2D eigenvalue weighted by Crippen LogP contribution is -2.49. The monoisotopic (exact) mass is 316 g/mol. The average Bonchev–Trinajstić information content (AvgIpc) is 2.63. The van der Waals surface area contributed by atoms with Crippen LogP contribution in [0.25, 0.3) is 0 Å². The Morgan fingerprint density at radius 1 is 1.26 bits per heavy atom. The lowest BCUT2D eigenvalue weighted by molar-refractivity contribution is -0.126. The van der Waals surface area contributed by atoms with Gasteiger partial charge < -0.3 is 15.1 Å². The van der Waals surface area contributed by atoms with Gasteiger partial charge in [-0.1, -0.05) is 13.0 Å². The van der Waals surface area contributed by atoms with E-state index >= 15 is 0 Å². The molecule has 2 aliphatic heterocycles. The molecule has 1 unspecified atom stereocenters. The van der Waals surface area contributed by atoms with Gasteiger partial charge in [0.1, 0.15) is 5.82 Å². The number of carbonyl (C=O) groups excluding carboxylic acids is 1. The van der Waals surface area contributed by atoms with E-state index in [2.05, 4.69) is 27.0 Å². The molecule has 2 fully saturated rings. The lowest BCUT2D eigenvalue weighted by Gasteiger charge is -2.35. The van der Waals surface area contributed by atoms with E-state index in [1.807, 2.05) is 24.4 Å². The fourth-order valence-electron chi connectivity index (χ4n) is 3.65. The molecule has 0 radical (unpaired) electrons. The molecule has 1 amide bonds. The molecule has 0 aliphatic carbocycles. The highest BCUT2D eigenvalue weighted by Gasteiger charge is 2.28. The summed E-state index contributed by atoms with van der Waals surface area (Å²) in [5, 5.41) is 3.29. The van der Waals surface area contributed by atoms with Crippen molar-refractivity contribution in [2.45, 2.75) is 38.6 Å². The van der Waals surface area contributed by atoms with Crippen LogP contribution in [0.3, 0.4) is 0 Å². The van der Waals surface area contributed by atoms with E-state index < -0.39 is 0 Å². The molecule has 5 heteroatoms. The molecular weight excluding hydrogens is 288 g/mol. The summed E-state index contributed by atoms with van der Waals surface area (Å²) in [6.07, 6.45) is 6.03. The van der Waals surface area contributed by atoms with Crippen molar-refractivity contribution in [1.29, 1.82) is 0 Å². The molecule has 1 atom stereocenters. The highest BCUT2D eigenvalue weighted by atomic mass is 16.2. The molecule has 0 spiro atoms. The number of nitrogens with zero attached hydrogens (tertiary/aromatic N) is 3. The summed E-state index contributed by atoms with van der Waals surface area (Å²) in [4.78, 5) is 21.7. The minimum atomic E-state index is 0.0926. The van der Waals surface area contributed by atoms with E-state index in [4.69, 9.17) is 0 Å². The zero-order valence-electron chi connectivity index (χ0n) is 14.1. The normalized spacial score (nSPS) is 23.7. The Labute approximate surface area is 139 Å². The van der Waals surface area contributed by atoms with Gasteiger partial charge in [-0.2, -0.15) is 0 Å². The van der Waals surface area contributed by atoms with Gasteiger partial charge in [-0.25, -0.2) is 4.98 Å². The van der Waals surface area contributed by atoms with Crippen molar-refractivity contribution in [3.63, 3.8) is 0 Å². The van der Waals surface area contributed by atoms with Gasteiger partial charge in [0, 0.05) is 38.4 Å². The lowest BCUT2D eigenvalue weighted by atomic mass is 9.95. The first kappa shape index (κ1) is 16.2. The van der Waals surface area contributed by atoms with Gasteiger partial charge in [0.2, 0.25) is 5.91 Å². The van der Waals surface area contributed by atoms with Crippen LogP contribution in [-0.4, -0.2) is 54.6 Å². The Hall–Kier alpha value is -1.62. The van der Waals surface area contributed by atoms with Crippen molar-refractivity contribution in [2.24, 2.45) is 5.92 Å². The average molecular weight is 316 g/mol. The summed E-state index contributed by atoms with van der Waals surface area (Å²) in [5.41, 5.74) is 0. The Balaban J connectivity index is 1.51. The molecule has 1 N–H and O–H groups in total. The van der Waals surface area contributed by atoms with Crippen LogP contribution in [0.15, 0.2) is 24.4 Å². The number of hydrogen-bond acceptors (Lipinski definition) is 4. The number of piperidine rings is 2. The van der Waals surface area contributed by atoms with Gasteiger partial charge >= 0.3 is 0 Å². The molecule has 1 aromatic rings. The third-order valence-corrected chi connectivity index (χ3v) is 5.15. The highest BCUT2D eigenvalue weighted by Crippen LogP contribution is 2.22. The SMILES string of the molecule is CCN1CCC(NC(=O)C2CCCN(c3ccccn3)C2)CC1. The first-order valence-electron chi connectivity index (χ1n) is 8.95. The zero-order valence-corrected chi connectivity index (χ0v) is 14.1. The summed E-state index contributed by atoms with van der Waals surface area (Å²) in [6.45, 7) is 7.31. The molecule has 3 heterocycles. The molecule has 0 saturated carbocycles. The second kappa shape index (κ2) is 7.77. The van der Waals surface area contributed by atoms with Crippen molar-refractivity contribution in [2.75, 3.05) is 37.6 Å². The fourth-order valence-corrected chi connectivity index (χ4v) is 3.65. The number of anilines is 1. The molecule has 2 saturated heterocycles. The molecule has 23 heavy (non-hydrogen) atoms. The summed E-state index contributed by atoms with van der Waals surface area (Å²) >= 11 is 0. The molecule has 5 nitrogen and oxygen atoms in total. The first-order chi connectivity index (χ1) is 11.3. The van der Waals surface area contributed by atoms with Crippen LogP contribution in [0, 0.1) is 5.92 Å². The summed E-state index contributed by atoms with van der Waals surface area (Å²) < 4.78 is 0. The largest absolute Gasteiger partial charge is 0.356 e. The zero-order chi connectivity index (χ0) is 16.1. The number of nitrogens with one attached hydrogen (secondary N) is 1. The number of rotatable bonds is 4. The third kappa shape index (κ3) is 4.22. The maximum atomic E-state index is 12.6. The van der Waals surface area contributed by atoms with E-state index in [1.165, 1.54) is 0 Å². The number of amides is 1. The molecule has 0 bridgehead atoms. The minimum Gasteiger partial charge on any atom is -0.356 e. The van der Waals surface area contributed by atoms with Crippen molar-refractivity contribution < 1.29 is 4.79 Å². The molecular formula is C18H28N4O. The van der Waals surface area contributed by atoms with Gasteiger partial charge in [-0.05, 0) is 44.4 Å². The van der Waals surface area contributed by atoms with Crippen LogP contribution >= 0.6 is 0 Å². The van der Waals surface area contributed by atoms with Crippen molar-refractivity contribution >= 4 is 11.7 Å². The van der Waals surface area contributed by atoms with Gasteiger partial charge in [-0.15, -0.1) is 0 Å². The van der Waals surface area contributed by atoms with Crippen molar-refractivity contribution in [1.82, 2.24) is 15.2 Å². The Bertz CT molecular complexity index is 499. The van der Waals surface area contributed by atoms with E-state index in [0.717, 1.165) is 64.2 Å². The standard InChI is InChI=1S/C18H28N4O/c1-2-21-12-8-16(9-13-21)20-18(23)15-6-5-11-22(14-15)17-7-3-4-10-19-17/h3-4,7,10,15-16H,2,5-6,8-9,11-14H2,1H3,(H,20,23). The maximum Gasteiger partial charge on any atom is 0.225 e. The van der Waals surface area contributed by atoms with Gasteiger partial charge in [0.15, 0.2) is 0 Å². The van der Waals surface area contributed by atoms with Crippen LogP contribution in [0.4, 0.5) is 5.82 Å². The van der Waals surface area contributed by atoms with Crippen LogP contribution in [0.5, 0.6) is 0 Å². The fraction of sp³-hybridized carbons (Fsp3) is 0.667. The van der Waals surface area contributed by atoms with Crippen molar-refractivity contribution in [3.05, 3.63) is 24.4 Å². The molecule has 3 rings (SSSR count). The van der Waals surface area contributed by atoms with E-state index in [1.54, 1.807) is 0 Å². The molecule has 126 valence electrons. The van der Waals surface area contributed by atoms with Crippen LogP contribution < -0.4 is 10.2 Å². The number of carbonyl (C=O) groups is 1. The number of likely N-dealkylation sites (tertiary alicyclic amines) is 1. The van der Waals surface area contributed by atoms with Gasteiger partial charge in [0.25, 0.3) is 0 Å². The number of hydrogen-bond donors (Lipinski definition) is 1. The Morgan fingerprint density at radius 3 is 2.78 bits per heavy atom. The van der Waals surface area contributed by atoms with Crippen LogP contribution in [0.2, 0.25) is 0 Å². The quantitative estimate of drug-likeness (QED) is 0.922. The minimum absolute atomic E-state index is 0.0926. The predicted molar refractivity (Wildman–Crippen MR) is 92.5 cm³/mol. The van der Waals surface area contributed by atoms with Crippen LogP contribution in [0.1, 0.15) is 32.6 Å². The molecule has 1 aromatic heterocycles. The Kier molecular flexibility index (Phi) is 5.49. The number of pyridine rings is 1. The molecule has 2 aliphatic rings. The third-order valence-electron chi connectivity index (χ3n) is 5.15. The van der Waals surface area contributed by atoms with Crippen molar-refractivity contribution in [3.8, 4) is 0 Å². The summed E-state index contributed by atoms with van der Waals surface area (Å²) in [5.74, 6) is 1.32. The Morgan fingerprint density at radius 2 is 2.09 bits per heavy atom. The smallest absolute Gasteiger partial charge is 0.225 e. The second-order valence-corrected chi connectivity index (χ2v) is 6.69. The van der Waals surface area contributed by atoms with Crippen LogP contribution in [-0.2, 0) is 4.79 Å². The maximum absolute atomic E-state index is 12.6. The predicted octanol–water partition coefficient (Wildman–Crippen LogP) is 1.90. The second-order valence-electron chi connectivity index (χ2n) is 6.69. The topological polar surface area (TPSA) is 48.5 Å². The number of aromatic nitrogens is 1. The van der Waals surface area contributed by atoms with Gasteiger partial charge in [0.05, 0.1) is 5.92 Å². The van der Waals surface area contributed by atoms with E-state index in [-0.39, 0.29) is 11.8 Å². The summed E-state index contributed by atoms with van der Waals surface area (Å²) in [7, 11) is 0. The van der Waals surface area contributed by atoms with Gasteiger partial charge in [-0.3, -0.25) is 4.79 Å². The van der Waals surface area contributed by atoms with E-state index in [9.17, 15) is 4.79 Å². The molecule has 0 aromatic carbocycles. The summed E-state index contributed by atoms with van der Waals surface area (Å²) in [6, 6.07) is 6.32. The van der Waals surface area contributed by atoms with E-state index in [0.29, 0.717) is 6.04 Å². The highest BCUT2D eigenvalue weighted by molar-refractivity contribution is 5.79.